The molecule has 2 unspecified atom stereocenters. The highest BCUT2D eigenvalue weighted by Crippen LogP contribution is 2.38. The van der Waals surface area contributed by atoms with Crippen LogP contribution in [0.15, 0.2) is 18.6 Å². The Labute approximate surface area is 186 Å². The fraction of sp³-hybridized carbons (Fsp3) is 0.682. The van der Waals surface area contributed by atoms with Gasteiger partial charge in [0.05, 0.1) is 11.9 Å². The molecule has 1 saturated carbocycles. The summed E-state index contributed by atoms with van der Waals surface area (Å²) in [5, 5.41) is 4.04. The molecule has 1 amide bonds. The minimum Gasteiger partial charge on any atom is -0.598 e. The average Bonchev–Trinajstić information content (AvgIpc) is 3.40. The first-order valence-corrected chi connectivity index (χ1v) is 12.7. The molecule has 0 radical (unpaired) electrons. The zero-order valence-electron chi connectivity index (χ0n) is 18.2. The molecular weight excluding hydrogens is 412 g/mol. The fourth-order valence-corrected chi connectivity index (χ4v) is 7.39. The third kappa shape index (κ3) is 4.27. The van der Waals surface area contributed by atoms with Crippen molar-refractivity contribution in [2.45, 2.75) is 51.0 Å². The van der Waals surface area contributed by atoms with Crippen molar-refractivity contribution in [3.8, 4) is 0 Å². The molecule has 0 bridgehead atoms. The number of H-pyrrole nitrogens is 1. The molecule has 0 aromatic carbocycles. The van der Waals surface area contributed by atoms with Crippen LogP contribution in [0.2, 0.25) is 0 Å². The number of aromatic amines is 1. The van der Waals surface area contributed by atoms with Gasteiger partial charge in [-0.3, -0.25) is 4.79 Å². The molecule has 9 heteroatoms. The summed E-state index contributed by atoms with van der Waals surface area (Å²) in [6, 6.07) is 2.49. The topological polar surface area (TPSA) is 100 Å². The maximum absolute atomic E-state index is 13.1. The van der Waals surface area contributed by atoms with Gasteiger partial charge in [0.25, 0.3) is 0 Å². The van der Waals surface area contributed by atoms with Gasteiger partial charge in [0, 0.05) is 61.5 Å². The molecule has 3 fully saturated rings. The van der Waals surface area contributed by atoms with Crippen LogP contribution in [-0.4, -0.2) is 68.2 Å². The van der Waals surface area contributed by atoms with Crippen molar-refractivity contribution >= 4 is 34.1 Å². The number of hydrogen-bond donors (Lipinski definition) is 2. The largest absolute Gasteiger partial charge is 0.598 e. The van der Waals surface area contributed by atoms with E-state index in [1.807, 2.05) is 12.3 Å². The summed E-state index contributed by atoms with van der Waals surface area (Å²) in [5.74, 6) is 2.39. The molecule has 8 nitrogen and oxygen atoms in total. The van der Waals surface area contributed by atoms with Crippen LogP contribution < -0.4 is 10.2 Å². The monoisotopic (exact) mass is 444 g/mol. The minimum absolute atomic E-state index is 0.00642. The smallest absolute Gasteiger partial charge is 0.220 e. The van der Waals surface area contributed by atoms with Crippen LogP contribution in [0.1, 0.15) is 44.9 Å². The van der Waals surface area contributed by atoms with E-state index in [1.54, 1.807) is 6.33 Å². The van der Waals surface area contributed by atoms with E-state index in [4.69, 9.17) is 0 Å². The molecule has 31 heavy (non-hydrogen) atoms. The molecule has 3 aliphatic rings. The second-order valence-corrected chi connectivity index (χ2v) is 11.1. The first kappa shape index (κ1) is 21.0. The van der Waals surface area contributed by atoms with E-state index in [-0.39, 0.29) is 11.3 Å². The van der Waals surface area contributed by atoms with Crippen molar-refractivity contribution in [3.63, 3.8) is 0 Å². The van der Waals surface area contributed by atoms with Crippen LogP contribution in [0, 0.1) is 11.3 Å². The Kier molecular flexibility index (Phi) is 5.83. The van der Waals surface area contributed by atoms with Crippen LogP contribution in [-0.2, 0) is 16.2 Å². The predicted molar refractivity (Wildman–Crippen MR) is 122 cm³/mol. The van der Waals surface area contributed by atoms with E-state index in [1.165, 1.54) is 0 Å². The van der Waals surface area contributed by atoms with Gasteiger partial charge in [0.2, 0.25) is 5.91 Å². The van der Waals surface area contributed by atoms with Crippen molar-refractivity contribution in [1.82, 2.24) is 24.6 Å². The van der Waals surface area contributed by atoms with E-state index in [9.17, 15) is 9.35 Å². The summed E-state index contributed by atoms with van der Waals surface area (Å²) in [7, 11) is 2.13. The van der Waals surface area contributed by atoms with Gasteiger partial charge in [0.15, 0.2) is 0 Å². The number of amides is 1. The van der Waals surface area contributed by atoms with Crippen LogP contribution >= 0.6 is 0 Å². The number of nitrogens with zero attached hydrogens (tertiary/aromatic N) is 4. The fourth-order valence-electron chi connectivity index (χ4n) is 5.70. The molecule has 2 N–H and O–H groups in total. The molecular formula is C22H32N6O2S. The first-order valence-electron chi connectivity index (χ1n) is 11.4. The summed E-state index contributed by atoms with van der Waals surface area (Å²) < 4.78 is 15.3. The van der Waals surface area contributed by atoms with Crippen molar-refractivity contribution < 1.29 is 9.35 Å². The van der Waals surface area contributed by atoms with E-state index in [0.29, 0.717) is 18.4 Å². The lowest BCUT2D eigenvalue weighted by atomic mass is 9.80. The number of carbonyl (C=O) groups excluding carboxylic acids is 1. The summed E-state index contributed by atoms with van der Waals surface area (Å²) in [4.78, 5) is 26.0. The van der Waals surface area contributed by atoms with Gasteiger partial charge in [-0.05, 0) is 44.6 Å². The third-order valence-electron chi connectivity index (χ3n) is 7.52. The van der Waals surface area contributed by atoms with Crippen molar-refractivity contribution in [3.05, 3.63) is 18.6 Å². The molecule has 2 saturated heterocycles. The standard InChI is InChI=1S/C22H32N6O2S/c1-27(21-18-7-9-23-20(18)25-15-26-21)17-5-3-16(4-6-17)12-31(30)28-10-2-8-22(14-28)11-19(29)24-13-22/h7,9,15-17H,2-6,8,10-14H2,1H3,(H,24,29)(H,23,25,26). The second kappa shape index (κ2) is 8.60. The minimum atomic E-state index is -0.952. The van der Waals surface area contributed by atoms with Gasteiger partial charge in [-0.15, -0.1) is 4.31 Å². The van der Waals surface area contributed by atoms with Crippen molar-refractivity contribution in [2.75, 3.05) is 37.3 Å². The van der Waals surface area contributed by atoms with Gasteiger partial charge < -0.3 is 19.8 Å². The summed E-state index contributed by atoms with van der Waals surface area (Å²) in [6.45, 7) is 2.42. The summed E-state index contributed by atoms with van der Waals surface area (Å²) >= 11 is -0.952. The molecule has 1 spiro atoms. The lowest BCUT2D eigenvalue weighted by Gasteiger charge is -2.40. The van der Waals surface area contributed by atoms with E-state index >= 15 is 0 Å². The first-order chi connectivity index (χ1) is 15.0. The molecule has 1 aliphatic carbocycles. The molecule has 5 rings (SSSR count). The quantitative estimate of drug-likeness (QED) is 0.686. The highest BCUT2D eigenvalue weighted by Gasteiger charge is 2.45. The number of rotatable bonds is 5. The molecule has 168 valence electrons. The van der Waals surface area contributed by atoms with Crippen molar-refractivity contribution in [1.29, 1.82) is 0 Å². The van der Waals surface area contributed by atoms with E-state index in [0.717, 1.165) is 80.8 Å². The number of piperidine rings is 1. The Morgan fingerprint density at radius 3 is 2.94 bits per heavy atom. The van der Waals surface area contributed by atoms with Gasteiger partial charge in [-0.25, -0.2) is 9.97 Å². The predicted octanol–water partition coefficient (Wildman–Crippen LogP) is 2.22. The lowest BCUT2D eigenvalue weighted by molar-refractivity contribution is -0.119. The molecule has 2 aromatic rings. The average molecular weight is 445 g/mol. The Bertz CT molecular complexity index is 930. The number of nitrogens with one attached hydrogen (secondary N) is 2. The zero-order chi connectivity index (χ0) is 21.4. The number of hydrogen-bond acceptors (Lipinski definition) is 6. The highest BCUT2D eigenvalue weighted by molar-refractivity contribution is 7.89. The lowest BCUT2D eigenvalue weighted by Crippen LogP contribution is -2.48. The third-order valence-corrected chi connectivity index (χ3v) is 9.16. The van der Waals surface area contributed by atoms with Gasteiger partial charge >= 0.3 is 0 Å². The van der Waals surface area contributed by atoms with Gasteiger partial charge in [0.1, 0.15) is 23.5 Å². The van der Waals surface area contributed by atoms with Crippen LogP contribution in [0.25, 0.3) is 11.0 Å². The zero-order valence-corrected chi connectivity index (χ0v) is 19.0. The maximum atomic E-state index is 13.1. The Morgan fingerprint density at radius 1 is 1.32 bits per heavy atom. The van der Waals surface area contributed by atoms with Gasteiger partial charge in [-0.2, -0.15) is 0 Å². The van der Waals surface area contributed by atoms with Crippen LogP contribution in [0.5, 0.6) is 0 Å². The van der Waals surface area contributed by atoms with Crippen molar-refractivity contribution in [2.24, 2.45) is 11.3 Å². The molecule has 2 atom stereocenters. The number of anilines is 1. The van der Waals surface area contributed by atoms with E-state index < -0.39 is 11.4 Å². The second-order valence-electron chi connectivity index (χ2n) is 9.63. The Balaban J connectivity index is 1.15. The number of carbonyl (C=O) groups is 1. The SMILES string of the molecule is CN(c1ncnc2[nH]ccc12)C1CCC(C[S+]([O-])N2CCCC3(CNC(=O)C3)C2)CC1. The normalized spacial score (nSPS) is 30.6. The highest BCUT2D eigenvalue weighted by atomic mass is 32.2. The molecule has 2 aromatic heterocycles. The molecule has 2 aliphatic heterocycles. The number of fused-ring (bicyclic) bond motifs is 1. The van der Waals surface area contributed by atoms with Crippen LogP contribution in [0.4, 0.5) is 5.82 Å². The Morgan fingerprint density at radius 2 is 2.16 bits per heavy atom. The number of aromatic nitrogens is 3. The maximum Gasteiger partial charge on any atom is 0.220 e. The molecule has 4 heterocycles. The van der Waals surface area contributed by atoms with E-state index in [2.05, 4.69) is 36.5 Å². The van der Waals surface area contributed by atoms with Crippen LogP contribution in [0.3, 0.4) is 0 Å². The Hall–Kier alpha value is -1.84. The summed E-state index contributed by atoms with van der Waals surface area (Å²) in [6.07, 6.45) is 10.6. The summed E-state index contributed by atoms with van der Waals surface area (Å²) in [5.41, 5.74) is 0.881. The van der Waals surface area contributed by atoms with Gasteiger partial charge in [-0.1, -0.05) is 0 Å².